The molecule has 1 aromatic carbocycles. The molecule has 0 saturated heterocycles. The lowest BCUT2D eigenvalue weighted by Crippen LogP contribution is -2.51. The van der Waals surface area contributed by atoms with Gasteiger partial charge in [0, 0.05) is 25.4 Å². The molecule has 34 heavy (non-hydrogen) atoms. The molecule has 1 aliphatic heterocycles. The van der Waals surface area contributed by atoms with Crippen LogP contribution in [0, 0.1) is 5.82 Å². The molecule has 2 N–H and O–H groups in total. The Kier molecular flexibility index (Phi) is 7.91. The van der Waals surface area contributed by atoms with E-state index in [-0.39, 0.29) is 25.8 Å². The number of carboxylic acids is 1. The summed E-state index contributed by atoms with van der Waals surface area (Å²) < 4.78 is 19.6. The van der Waals surface area contributed by atoms with Crippen LogP contribution in [-0.2, 0) is 20.7 Å². The smallest absolute Gasteiger partial charge is 0.407 e. The molecule has 1 aromatic rings. The lowest BCUT2D eigenvalue weighted by Gasteiger charge is -2.35. The molecule has 2 amide bonds. The number of ether oxygens (including phenoxy) is 1. The lowest BCUT2D eigenvalue weighted by molar-refractivity contribution is -0.150. The summed E-state index contributed by atoms with van der Waals surface area (Å²) >= 11 is 0. The maximum Gasteiger partial charge on any atom is 0.407 e. The average Bonchev–Trinajstić information content (AvgIpc) is 2.97. The van der Waals surface area contributed by atoms with Gasteiger partial charge in [0.25, 0.3) is 0 Å². The molecular weight excluding hydrogens is 439 g/mol. The molecule has 0 saturated carbocycles. The van der Waals surface area contributed by atoms with Crippen molar-refractivity contribution in [2.24, 2.45) is 0 Å². The first-order chi connectivity index (χ1) is 16.0. The number of amides is 2. The van der Waals surface area contributed by atoms with Gasteiger partial charge < -0.3 is 20.1 Å². The normalized spacial score (nSPS) is 18.7. The second kappa shape index (κ2) is 10.7. The fourth-order valence-electron chi connectivity index (χ4n) is 4.07. The zero-order valence-electron chi connectivity index (χ0n) is 19.7. The van der Waals surface area contributed by atoms with Crippen molar-refractivity contribution in [3.05, 3.63) is 71.1 Å². The number of allylic oxidation sites excluding steroid dienone is 3. The summed E-state index contributed by atoms with van der Waals surface area (Å²) in [6.07, 6.45) is 7.84. The Morgan fingerprint density at radius 3 is 2.50 bits per heavy atom. The topological polar surface area (TPSA) is 95.9 Å². The highest BCUT2D eigenvalue weighted by Crippen LogP contribution is 2.28. The Hall–Kier alpha value is -3.42. The van der Waals surface area contributed by atoms with Crippen molar-refractivity contribution in [3.63, 3.8) is 0 Å². The average molecular weight is 471 g/mol. The van der Waals surface area contributed by atoms with Gasteiger partial charge in [-0.05, 0) is 56.4 Å². The Morgan fingerprint density at radius 1 is 1.18 bits per heavy atom. The number of carboxylic acid groups (broad SMARTS) is 1. The Bertz CT molecular complexity index is 1040. The van der Waals surface area contributed by atoms with Gasteiger partial charge in [-0.25, -0.2) is 14.0 Å². The van der Waals surface area contributed by atoms with Crippen LogP contribution in [0.1, 0.15) is 45.6 Å². The molecule has 0 bridgehead atoms. The zero-order valence-corrected chi connectivity index (χ0v) is 19.7. The lowest BCUT2D eigenvalue weighted by atomic mass is 9.93. The molecular formula is C26H31FN2O5. The maximum atomic E-state index is 14.3. The van der Waals surface area contributed by atoms with Crippen molar-refractivity contribution >= 4 is 18.0 Å². The molecule has 2 aliphatic rings. The zero-order chi connectivity index (χ0) is 24.9. The molecule has 1 heterocycles. The first-order valence-electron chi connectivity index (χ1n) is 11.3. The fraction of sp³-hybridized carbons (Fsp3) is 0.423. The van der Waals surface area contributed by atoms with E-state index in [0.717, 1.165) is 17.6 Å². The maximum absolute atomic E-state index is 14.3. The number of hydrogen-bond acceptors (Lipinski definition) is 4. The molecule has 7 nitrogen and oxygen atoms in total. The second-order valence-electron chi connectivity index (χ2n) is 9.51. The van der Waals surface area contributed by atoms with Gasteiger partial charge >= 0.3 is 12.1 Å². The molecule has 0 aromatic heterocycles. The molecule has 1 aliphatic carbocycles. The molecule has 8 heteroatoms. The third kappa shape index (κ3) is 6.79. The van der Waals surface area contributed by atoms with Gasteiger partial charge in [-0.2, -0.15) is 0 Å². The van der Waals surface area contributed by atoms with Gasteiger partial charge in [0.15, 0.2) is 0 Å². The highest BCUT2D eigenvalue weighted by atomic mass is 19.1. The van der Waals surface area contributed by atoms with Gasteiger partial charge in [0.1, 0.15) is 17.5 Å². The van der Waals surface area contributed by atoms with Crippen LogP contribution in [0.25, 0.3) is 0 Å². The SMILES string of the molecule is CC(C)(C)OC(=O)NC(CC(=O)N1CC2=C(C=CCC=C2)C[C@H]1C(=O)O)Cc1ccccc1F. The van der Waals surface area contributed by atoms with Crippen LogP contribution in [0.2, 0.25) is 0 Å². The van der Waals surface area contributed by atoms with E-state index in [4.69, 9.17) is 4.74 Å². The van der Waals surface area contributed by atoms with Crippen molar-refractivity contribution in [1.29, 1.82) is 0 Å². The van der Waals surface area contributed by atoms with Crippen molar-refractivity contribution in [1.82, 2.24) is 10.2 Å². The van der Waals surface area contributed by atoms with Crippen molar-refractivity contribution in [2.75, 3.05) is 6.54 Å². The van der Waals surface area contributed by atoms with Gasteiger partial charge in [-0.1, -0.05) is 42.5 Å². The number of carbonyl (C=O) groups excluding carboxylic acids is 2. The van der Waals surface area contributed by atoms with Crippen molar-refractivity contribution < 1.29 is 28.6 Å². The molecule has 1 unspecified atom stereocenters. The third-order valence-corrected chi connectivity index (χ3v) is 5.62. The largest absolute Gasteiger partial charge is 0.480 e. The number of alkyl carbamates (subject to hydrolysis) is 1. The van der Waals surface area contributed by atoms with Crippen LogP contribution in [-0.4, -0.2) is 52.2 Å². The van der Waals surface area contributed by atoms with E-state index in [1.54, 1.807) is 39.0 Å². The number of benzene rings is 1. The number of hydrogen-bond donors (Lipinski definition) is 2. The number of nitrogens with zero attached hydrogens (tertiary/aromatic N) is 1. The van der Waals surface area contributed by atoms with Crippen LogP contribution in [0.5, 0.6) is 0 Å². The van der Waals surface area contributed by atoms with Crippen LogP contribution in [0.4, 0.5) is 9.18 Å². The van der Waals surface area contributed by atoms with E-state index in [9.17, 15) is 23.9 Å². The standard InChI is InChI=1S/C26H31FN2O5/c1-26(2,3)34-25(33)28-20(13-18-10-7-8-12-21(18)27)15-23(30)29-16-19-11-6-4-5-9-17(19)14-22(29)24(31)32/h5-12,20,22H,4,13-16H2,1-3H3,(H,28,33)(H,31,32)/t20?,22-/m0/s1. The molecule has 182 valence electrons. The van der Waals surface area contributed by atoms with E-state index < -0.39 is 41.5 Å². The summed E-state index contributed by atoms with van der Waals surface area (Å²) in [5.41, 5.74) is 1.39. The van der Waals surface area contributed by atoms with E-state index >= 15 is 0 Å². The van der Waals surface area contributed by atoms with Crippen LogP contribution in [0.15, 0.2) is 59.7 Å². The minimum absolute atomic E-state index is 0.0554. The predicted molar refractivity (Wildman–Crippen MR) is 126 cm³/mol. The fourth-order valence-corrected chi connectivity index (χ4v) is 4.07. The highest BCUT2D eigenvalue weighted by molar-refractivity contribution is 5.85. The summed E-state index contributed by atoms with van der Waals surface area (Å²) in [6.45, 7) is 5.31. The van der Waals surface area contributed by atoms with Crippen LogP contribution >= 0.6 is 0 Å². The molecule has 0 fully saturated rings. The molecule has 0 spiro atoms. The third-order valence-electron chi connectivity index (χ3n) is 5.62. The van der Waals surface area contributed by atoms with Gasteiger partial charge in [-0.3, -0.25) is 4.79 Å². The number of halogens is 1. The van der Waals surface area contributed by atoms with E-state index in [1.165, 1.54) is 11.0 Å². The number of carbonyl (C=O) groups is 3. The van der Waals surface area contributed by atoms with Crippen LogP contribution < -0.4 is 5.32 Å². The number of rotatable bonds is 6. The Labute approximate surface area is 199 Å². The quantitative estimate of drug-likeness (QED) is 0.651. The molecule has 0 radical (unpaired) electrons. The van der Waals surface area contributed by atoms with E-state index in [2.05, 4.69) is 5.32 Å². The summed E-state index contributed by atoms with van der Waals surface area (Å²) in [5.74, 6) is -1.97. The van der Waals surface area contributed by atoms with E-state index in [0.29, 0.717) is 5.56 Å². The van der Waals surface area contributed by atoms with Gasteiger partial charge in [-0.15, -0.1) is 0 Å². The summed E-state index contributed by atoms with van der Waals surface area (Å²) in [4.78, 5) is 39.1. The molecule has 2 atom stereocenters. The summed E-state index contributed by atoms with van der Waals surface area (Å²) in [6, 6.07) is 4.34. The minimum Gasteiger partial charge on any atom is -0.480 e. The molecule has 3 rings (SSSR count). The van der Waals surface area contributed by atoms with Crippen molar-refractivity contribution in [2.45, 2.75) is 64.1 Å². The van der Waals surface area contributed by atoms with E-state index in [1.807, 2.05) is 24.3 Å². The van der Waals surface area contributed by atoms with Crippen molar-refractivity contribution in [3.8, 4) is 0 Å². The Morgan fingerprint density at radius 2 is 1.85 bits per heavy atom. The Balaban J connectivity index is 1.82. The monoisotopic (exact) mass is 470 g/mol. The minimum atomic E-state index is -1.09. The van der Waals surface area contributed by atoms with Gasteiger partial charge in [0.05, 0.1) is 0 Å². The predicted octanol–water partition coefficient (Wildman–Crippen LogP) is 4.15. The highest BCUT2D eigenvalue weighted by Gasteiger charge is 2.36. The summed E-state index contributed by atoms with van der Waals surface area (Å²) in [7, 11) is 0. The van der Waals surface area contributed by atoms with Crippen LogP contribution in [0.3, 0.4) is 0 Å². The summed E-state index contributed by atoms with van der Waals surface area (Å²) in [5, 5.41) is 12.5. The van der Waals surface area contributed by atoms with Gasteiger partial charge in [0.2, 0.25) is 5.91 Å². The second-order valence-corrected chi connectivity index (χ2v) is 9.51. The first-order valence-corrected chi connectivity index (χ1v) is 11.3. The first kappa shape index (κ1) is 25.2. The number of nitrogens with one attached hydrogen (secondary N) is 1. The number of aliphatic carboxylic acids is 1.